The second kappa shape index (κ2) is 5.15. The fraction of sp³-hybridized carbons (Fsp3) is 0.923. The largest absolute Gasteiger partial charge is 0.387 e. The Morgan fingerprint density at radius 2 is 1.72 bits per heavy atom. The smallest absolute Gasteiger partial charge is 0.254 e. The standard InChI is InChI=1S/C13H23NO4/c1-18-10-12(16)6-8-14(9-7-12)11(15)13(17)4-2-3-5-13/h16-17H,2-10H2,1H3. The Bertz CT molecular complexity index is 304. The number of hydrogen-bond donors (Lipinski definition) is 2. The molecule has 0 spiro atoms. The number of hydrogen-bond acceptors (Lipinski definition) is 4. The molecule has 0 bridgehead atoms. The molecule has 0 unspecified atom stereocenters. The predicted molar refractivity (Wildman–Crippen MR) is 66.1 cm³/mol. The number of piperidine rings is 1. The fourth-order valence-corrected chi connectivity index (χ4v) is 3.01. The Hall–Kier alpha value is -0.650. The molecule has 2 fully saturated rings. The van der Waals surface area contributed by atoms with Crippen LogP contribution in [0.25, 0.3) is 0 Å². The Morgan fingerprint density at radius 1 is 1.17 bits per heavy atom. The van der Waals surface area contributed by atoms with E-state index in [-0.39, 0.29) is 5.91 Å². The van der Waals surface area contributed by atoms with Gasteiger partial charge in [0.1, 0.15) is 5.60 Å². The monoisotopic (exact) mass is 257 g/mol. The molecule has 18 heavy (non-hydrogen) atoms. The van der Waals surface area contributed by atoms with Crippen LogP contribution in [0.15, 0.2) is 0 Å². The molecule has 2 aliphatic rings. The fourth-order valence-electron chi connectivity index (χ4n) is 3.01. The van der Waals surface area contributed by atoms with Gasteiger partial charge in [0.25, 0.3) is 5.91 Å². The predicted octanol–water partition coefficient (Wildman–Crippen LogP) is 0.291. The molecule has 0 atom stereocenters. The third kappa shape index (κ3) is 2.68. The van der Waals surface area contributed by atoms with E-state index in [0.29, 0.717) is 45.4 Å². The van der Waals surface area contributed by atoms with Crippen molar-refractivity contribution in [3.8, 4) is 0 Å². The number of carbonyl (C=O) groups is 1. The van der Waals surface area contributed by atoms with Crippen molar-refractivity contribution in [2.24, 2.45) is 0 Å². The SMILES string of the molecule is COCC1(O)CCN(C(=O)C2(O)CCCC2)CC1. The van der Waals surface area contributed by atoms with Crippen LogP contribution in [0.4, 0.5) is 0 Å². The van der Waals surface area contributed by atoms with Gasteiger partial charge in [-0.15, -0.1) is 0 Å². The summed E-state index contributed by atoms with van der Waals surface area (Å²) in [6.07, 6.45) is 4.02. The molecule has 0 aromatic rings. The van der Waals surface area contributed by atoms with E-state index < -0.39 is 11.2 Å². The van der Waals surface area contributed by atoms with Gasteiger partial charge < -0.3 is 19.8 Å². The van der Waals surface area contributed by atoms with Gasteiger partial charge in [-0.05, 0) is 38.5 Å². The highest BCUT2D eigenvalue weighted by molar-refractivity contribution is 5.85. The summed E-state index contributed by atoms with van der Waals surface area (Å²) < 4.78 is 5.00. The van der Waals surface area contributed by atoms with Gasteiger partial charge in [0.05, 0.1) is 12.2 Å². The van der Waals surface area contributed by atoms with Gasteiger partial charge in [-0.3, -0.25) is 4.79 Å². The van der Waals surface area contributed by atoms with E-state index in [1.165, 1.54) is 0 Å². The zero-order chi connectivity index (χ0) is 13.2. The Labute approximate surface area is 108 Å². The van der Waals surface area contributed by atoms with Crippen LogP contribution in [0.3, 0.4) is 0 Å². The summed E-state index contributed by atoms with van der Waals surface area (Å²) in [6, 6.07) is 0. The van der Waals surface area contributed by atoms with E-state index in [0.717, 1.165) is 12.8 Å². The average Bonchev–Trinajstić information content (AvgIpc) is 2.78. The zero-order valence-electron chi connectivity index (χ0n) is 11.0. The van der Waals surface area contributed by atoms with Crippen LogP contribution < -0.4 is 0 Å². The van der Waals surface area contributed by atoms with Crippen LogP contribution in [0.2, 0.25) is 0 Å². The van der Waals surface area contributed by atoms with Gasteiger partial charge in [-0.1, -0.05) is 0 Å². The molecule has 5 heteroatoms. The highest BCUT2D eigenvalue weighted by Crippen LogP contribution is 2.33. The summed E-state index contributed by atoms with van der Waals surface area (Å²) in [5.41, 5.74) is -1.96. The van der Waals surface area contributed by atoms with Crippen LogP contribution in [0.5, 0.6) is 0 Å². The number of amides is 1. The van der Waals surface area contributed by atoms with Crippen molar-refractivity contribution in [3.05, 3.63) is 0 Å². The molecule has 1 saturated heterocycles. The number of ether oxygens (including phenoxy) is 1. The van der Waals surface area contributed by atoms with Crippen molar-refractivity contribution in [1.82, 2.24) is 4.90 Å². The number of aliphatic hydroxyl groups is 2. The first kappa shape index (κ1) is 13.8. The minimum absolute atomic E-state index is 0.153. The number of nitrogens with zero attached hydrogens (tertiary/aromatic N) is 1. The molecular weight excluding hydrogens is 234 g/mol. The third-order valence-electron chi connectivity index (χ3n) is 4.22. The van der Waals surface area contributed by atoms with E-state index in [1.54, 1.807) is 12.0 Å². The molecule has 0 aromatic carbocycles. The van der Waals surface area contributed by atoms with Crippen molar-refractivity contribution in [2.45, 2.75) is 49.7 Å². The van der Waals surface area contributed by atoms with E-state index in [9.17, 15) is 15.0 Å². The molecule has 1 heterocycles. The molecule has 2 N–H and O–H groups in total. The van der Waals surface area contributed by atoms with Gasteiger partial charge in [0.2, 0.25) is 0 Å². The minimum atomic E-state index is -1.14. The molecule has 1 amide bonds. The first-order valence-electron chi connectivity index (χ1n) is 6.72. The summed E-state index contributed by atoms with van der Waals surface area (Å²) in [5.74, 6) is -0.153. The van der Waals surface area contributed by atoms with Crippen LogP contribution in [-0.4, -0.2) is 59.0 Å². The normalized spacial score (nSPS) is 26.3. The van der Waals surface area contributed by atoms with Gasteiger partial charge in [0, 0.05) is 20.2 Å². The van der Waals surface area contributed by atoms with E-state index >= 15 is 0 Å². The molecule has 1 aliphatic carbocycles. The summed E-state index contributed by atoms with van der Waals surface area (Å²) in [5, 5.41) is 20.4. The molecular formula is C13H23NO4. The van der Waals surface area contributed by atoms with Crippen LogP contribution >= 0.6 is 0 Å². The molecule has 104 valence electrons. The first-order valence-corrected chi connectivity index (χ1v) is 6.72. The van der Waals surface area contributed by atoms with Crippen LogP contribution in [0.1, 0.15) is 38.5 Å². The molecule has 0 radical (unpaired) electrons. The van der Waals surface area contributed by atoms with Crippen LogP contribution in [-0.2, 0) is 9.53 Å². The molecule has 0 aromatic heterocycles. The molecule has 2 rings (SSSR count). The number of rotatable bonds is 3. The van der Waals surface area contributed by atoms with E-state index in [1.807, 2.05) is 0 Å². The van der Waals surface area contributed by atoms with Crippen molar-refractivity contribution in [1.29, 1.82) is 0 Å². The van der Waals surface area contributed by atoms with Crippen LogP contribution in [0, 0.1) is 0 Å². The van der Waals surface area contributed by atoms with Gasteiger partial charge in [0.15, 0.2) is 0 Å². The van der Waals surface area contributed by atoms with E-state index in [4.69, 9.17) is 4.74 Å². The minimum Gasteiger partial charge on any atom is -0.387 e. The zero-order valence-corrected chi connectivity index (χ0v) is 11.0. The summed E-state index contributed by atoms with van der Waals surface area (Å²) in [7, 11) is 1.57. The Balaban J connectivity index is 1.91. The van der Waals surface area contributed by atoms with Crippen molar-refractivity contribution in [2.75, 3.05) is 26.8 Å². The second-order valence-corrected chi connectivity index (χ2v) is 5.69. The number of carbonyl (C=O) groups excluding carboxylic acids is 1. The lowest BCUT2D eigenvalue weighted by Gasteiger charge is -2.40. The lowest BCUT2D eigenvalue weighted by Crippen LogP contribution is -2.54. The maximum atomic E-state index is 12.3. The lowest BCUT2D eigenvalue weighted by atomic mass is 9.90. The maximum Gasteiger partial charge on any atom is 0.254 e. The number of methoxy groups -OCH3 is 1. The van der Waals surface area contributed by atoms with Gasteiger partial charge in [-0.2, -0.15) is 0 Å². The quantitative estimate of drug-likeness (QED) is 0.762. The molecule has 5 nitrogen and oxygen atoms in total. The Morgan fingerprint density at radius 3 is 2.22 bits per heavy atom. The van der Waals surface area contributed by atoms with Gasteiger partial charge >= 0.3 is 0 Å². The average molecular weight is 257 g/mol. The lowest BCUT2D eigenvalue weighted by molar-refractivity contribution is -0.156. The highest BCUT2D eigenvalue weighted by Gasteiger charge is 2.44. The molecule has 1 saturated carbocycles. The second-order valence-electron chi connectivity index (χ2n) is 5.69. The topological polar surface area (TPSA) is 70.0 Å². The Kier molecular flexibility index (Phi) is 3.94. The van der Waals surface area contributed by atoms with Crippen molar-refractivity contribution in [3.63, 3.8) is 0 Å². The van der Waals surface area contributed by atoms with Gasteiger partial charge in [-0.25, -0.2) is 0 Å². The van der Waals surface area contributed by atoms with Crippen molar-refractivity contribution >= 4 is 5.91 Å². The first-order chi connectivity index (χ1) is 8.49. The highest BCUT2D eigenvalue weighted by atomic mass is 16.5. The van der Waals surface area contributed by atoms with Crippen molar-refractivity contribution < 1.29 is 19.7 Å². The molecule has 1 aliphatic heterocycles. The maximum absolute atomic E-state index is 12.3. The third-order valence-corrected chi connectivity index (χ3v) is 4.22. The number of likely N-dealkylation sites (tertiary alicyclic amines) is 1. The summed E-state index contributed by atoms with van der Waals surface area (Å²) >= 11 is 0. The van der Waals surface area contributed by atoms with E-state index in [2.05, 4.69) is 0 Å². The summed E-state index contributed by atoms with van der Waals surface area (Å²) in [4.78, 5) is 13.9. The summed E-state index contributed by atoms with van der Waals surface area (Å²) in [6.45, 7) is 1.31.